The van der Waals surface area contributed by atoms with Crippen molar-refractivity contribution in [2.75, 3.05) is 0 Å². The maximum absolute atomic E-state index is 2.40. The molecule has 9 rings (SSSR count). The summed E-state index contributed by atoms with van der Waals surface area (Å²) in [5.74, 6) is 0. The number of fused-ring (bicyclic) bond motifs is 3. The first-order valence-corrected chi connectivity index (χ1v) is 16.6. The van der Waals surface area contributed by atoms with Gasteiger partial charge in [-0.2, -0.15) is 0 Å². The van der Waals surface area contributed by atoms with E-state index >= 15 is 0 Å². The molecule has 0 fully saturated rings. The minimum Gasteiger partial charge on any atom is -0.0622 e. The van der Waals surface area contributed by atoms with Crippen LogP contribution in [-0.2, 0) is 0 Å². The molecule has 0 heterocycles. The molecular weight excluding hydrogens is 577 g/mol. The molecule has 48 heavy (non-hydrogen) atoms. The van der Waals surface area contributed by atoms with Crippen LogP contribution >= 0.6 is 0 Å². The number of rotatable bonds is 5. The first kappa shape index (κ1) is 28.0. The zero-order chi connectivity index (χ0) is 31.9. The molecule has 0 N–H and O–H groups in total. The second-order valence-electron chi connectivity index (χ2n) is 12.4. The molecule has 0 saturated heterocycles. The number of hydrogen-bond acceptors (Lipinski definition) is 0. The lowest BCUT2D eigenvalue weighted by Crippen LogP contribution is -1.96. The summed E-state index contributed by atoms with van der Waals surface area (Å²) in [4.78, 5) is 0. The fourth-order valence-electron chi connectivity index (χ4n) is 7.45. The van der Waals surface area contributed by atoms with Crippen LogP contribution in [0.3, 0.4) is 0 Å². The summed E-state index contributed by atoms with van der Waals surface area (Å²) in [5, 5.41) is 7.52. The molecule has 0 bridgehead atoms. The summed E-state index contributed by atoms with van der Waals surface area (Å²) in [6.07, 6.45) is 0. The second-order valence-corrected chi connectivity index (χ2v) is 12.4. The highest BCUT2D eigenvalue weighted by atomic mass is 14.3. The minimum absolute atomic E-state index is 1.20. The quantitative estimate of drug-likeness (QED) is 0.171. The third-order valence-electron chi connectivity index (χ3n) is 9.63. The molecule has 0 aliphatic heterocycles. The summed E-state index contributed by atoms with van der Waals surface area (Å²) < 4.78 is 0. The first-order chi connectivity index (χ1) is 23.8. The van der Waals surface area contributed by atoms with Crippen molar-refractivity contribution in [2.45, 2.75) is 0 Å². The van der Waals surface area contributed by atoms with Crippen molar-refractivity contribution in [1.82, 2.24) is 0 Å². The highest BCUT2D eigenvalue weighted by Crippen LogP contribution is 2.50. The van der Waals surface area contributed by atoms with E-state index in [1.54, 1.807) is 0 Å². The Bertz CT molecular complexity index is 2460. The van der Waals surface area contributed by atoms with E-state index in [1.807, 2.05) is 0 Å². The molecule has 0 nitrogen and oxygen atoms in total. The van der Waals surface area contributed by atoms with Crippen LogP contribution in [0, 0.1) is 0 Å². The van der Waals surface area contributed by atoms with Gasteiger partial charge in [0, 0.05) is 0 Å². The van der Waals surface area contributed by atoms with E-state index in [9.17, 15) is 0 Å². The van der Waals surface area contributed by atoms with Crippen LogP contribution in [0.15, 0.2) is 194 Å². The number of hydrogen-bond donors (Lipinski definition) is 0. The summed E-state index contributed by atoms with van der Waals surface area (Å²) in [6, 6.07) is 70.8. The molecule has 0 unspecified atom stereocenters. The Hall–Kier alpha value is -6.24. The van der Waals surface area contributed by atoms with Crippen molar-refractivity contribution < 1.29 is 0 Å². The van der Waals surface area contributed by atoms with Crippen molar-refractivity contribution in [3.63, 3.8) is 0 Å². The fourth-order valence-corrected chi connectivity index (χ4v) is 7.45. The Morgan fingerprint density at radius 1 is 0.208 bits per heavy atom. The molecule has 9 aromatic rings. The zero-order valence-corrected chi connectivity index (χ0v) is 26.5. The minimum atomic E-state index is 1.20. The topological polar surface area (TPSA) is 0 Å². The fraction of sp³-hybridized carbons (Fsp3) is 0. The normalized spacial score (nSPS) is 11.3. The molecule has 0 aromatic heterocycles. The molecule has 0 spiro atoms. The molecular formula is C48H32. The Morgan fingerprint density at radius 3 is 1.15 bits per heavy atom. The van der Waals surface area contributed by atoms with Crippen molar-refractivity contribution in [3.8, 4) is 55.6 Å². The third kappa shape index (κ3) is 4.78. The molecule has 0 atom stereocenters. The summed E-state index contributed by atoms with van der Waals surface area (Å²) in [5.41, 5.74) is 12.3. The van der Waals surface area contributed by atoms with Gasteiger partial charge in [0.15, 0.2) is 0 Å². The Morgan fingerprint density at radius 2 is 0.625 bits per heavy atom. The van der Waals surface area contributed by atoms with Crippen LogP contribution in [0.4, 0.5) is 0 Å². The van der Waals surface area contributed by atoms with Crippen LogP contribution in [0.2, 0.25) is 0 Å². The van der Waals surface area contributed by atoms with Crippen LogP contribution in [0.1, 0.15) is 0 Å². The predicted octanol–water partition coefficient (Wildman–Crippen LogP) is 13.5. The van der Waals surface area contributed by atoms with Gasteiger partial charge in [0.1, 0.15) is 0 Å². The molecule has 0 amide bonds. The Kier molecular flexibility index (Phi) is 6.91. The summed E-state index contributed by atoms with van der Waals surface area (Å²) in [6.45, 7) is 0. The zero-order valence-electron chi connectivity index (χ0n) is 26.5. The lowest BCUT2D eigenvalue weighted by molar-refractivity contribution is 1.56. The van der Waals surface area contributed by atoms with Gasteiger partial charge in [-0.3, -0.25) is 0 Å². The average molecular weight is 609 g/mol. The Balaban J connectivity index is 1.45. The highest BCUT2D eigenvalue weighted by molar-refractivity contribution is 6.24. The van der Waals surface area contributed by atoms with Crippen molar-refractivity contribution in [1.29, 1.82) is 0 Å². The van der Waals surface area contributed by atoms with Crippen molar-refractivity contribution in [2.24, 2.45) is 0 Å². The summed E-state index contributed by atoms with van der Waals surface area (Å²) >= 11 is 0. The first-order valence-electron chi connectivity index (χ1n) is 16.6. The van der Waals surface area contributed by atoms with E-state index in [0.717, 1.165) is 0 Å². The van der Waals surface area contributed by atoms with Gasteiger partial charge in [-0.25, -0.2) is 0 Å². The van der Waals surface area contributed by atoms with E-state index < -0.39 is 0 Å². The SMILES string of the molecule is c1ccc(-c2cc(-c3ccccc3)c(-c3c4ccccc4c(-c4ccc5ccccc5c4)c4ccccc34)c(-c3ccccc3)c2)cc1. The van der Waals surface area contributed by atoms with Gasteiger partial charge in [-0.05, 0) is 106 Å². The number of benzene rings is 9. The van der Waals surface area contributed by atoms with Gasteiger partial charge in [-0.15, -0.1) is 0 Å². The summed E-state index contributed by atoms with van der Waals surface area (Å²) in [7, 11) is 0. The van der Waals surface area contributed by atoms with Gasteiger partial charge in [0.25, 0.3) is 0 Å². The third-order valence-corrected chi connectivity index (χ3v) is 9.63. The Labute approximate surface area is 281 Å². The molecule has 0 aliphatic rings. The van der Waals surface area contributed by atoms with E-state index in [1.165, 1.54) is 88.0 Å². The van der Waals surface area contributed by atoms with Crippen molar-refractivity contribution in [3.05, 3.63) is 194 Å². The molecule has 0 radical (unpaired) electrons. The lowest BCUT2D eigenvalue weighted by atomic mass is 9.79. The monoisotopic (exact) mass is 608 g/mol. The van der Waals surface area contributed by atoms with E-state index in [4.69, 9.17) is 0 Å². The van der Waals surface area contributed by atoms with Crippen LogP contribution in [0.25, 0.3) is 88.0 Å². The van der Waals surface area contributed by atoms with Gasteiger partial charge in [0.05, 0.1) is 0 Å². The van der Waals surface area contributed by atoms with E-state index in [0.29, 0.717) is 0 Å². The molecule has 224 valence electrons. The van der Waals surface area contributed by atoms with Gasteiger partial charge < -0.3 is 0 Å². The molecule has 0 aliphatic carbocycles. The smallest absolute Gasteiger partial charge is 0.00139 e. The van der Waals surface area contributed by atoms with Gasteiger partial charge in [-0.1, -0.05) is 176 Å². The average Bonchev–Trinajstić information content (AvgIpc) is 3.17. The molecule has 9 aromatic carbocycles. The van der Waals surface area contributed by atoms with E-state index in [2.05, 4.69) is 194 Å². The van der Waals surface area contributed by atoms with Gasteiger partial charge >= 0.3 is 0 Å². The predicted molar refractivity (Wildman–Crippen MR) is 206 cm³/mol. The lowest BCUT2D eigenvalue weighted by Gasteiger charge is -2.23. The maximum Gasteiger partial charge on any atom is -0.00139 e. The highest BCUT2D eigenvalue weighted by Gasteiger charge is 2.23. The second kappa shape index (κ2) is 11.8. The van der Waals surface area contributed by atoms with Crippen LogP contribution in [-0.4, -0.2) is 0 Å². The maximum atomic E-state index is 2.40. The molecule has 0 heteroatoms. The van der Waals surface area contributed by atoms with E-state index in [-0.39, 0.29) is 0 Å². The van der Waals surface area contributed by atoms with Crippen LogP contribution < -0.4 is 0 Å². The largest absolute Gasteiger partial charge is 0.0622 e. The van der Waals surface area contributed by atoms with Crippen LogP contribution in [0.5, 0.6) is 0 Å². The van der Waals surface area contributed by atoms with Gasteiger partial charge in [0.2, 0.25) is 0 Å². The standard InChI is InChI=1S/C48H32/c1-4-16-33(17-5-1)39-31-44(35-19-6-2-7-20-35)48(45(32-39)36-21-8-3-9-22-36)47-42-26-14-12-24-40(42)46(41-25-13-15-27-43(41)47)38-29-28-34-18-10-11-23-37(34)30-38/h1-32H. The van der Waals surface area contributed by atoms with Crippen molar-refractivity contribution >= 4 is 32.3 Å². The molecule has 0 saturated carbocycles.